The van der Waals surface area contributed by atoms with Gasteiger partial charge in [0.2, 0.25) is 15.7 Å². The summed E-state index contributed by atoms with van der Waals surface area (Å²) in [7, 11) is -4.09. The Morgan fingerprint density at radius 3 is 2.42 bits per heavy atom. The third-order valence-electron chi connectivity index (χ3n) is 4.70. The summed E-state index contributed by atoms with van der Waals surface area (Å²) in [5, 5.41) is 3.14. The molecule has 0 bridgehead atoms. The fraction of sp³-hybridized carbons (Fsp3) is 0.182. The molecule has 0 spiro atoms. The molecule has 0 unspecified atom stereocenters. The number of anilines is 1. The number of pyridine rings is 1. The Morgan fingerprint density at radius 2 is 1.77 bits per heavy atom. The van der Waals surface area contributed by atoms with E-state index in [0.717, 1.165) is 4.90 Å². The van der Waals surface area contributed by atoms with Crippen LogP contribution in [-0.4, -0.2) is 25.1 Å². The maximum atomic E-state index is 13.2. The van der Waals surface area contributed by atoms with Crippen molar-refractivity contribution in [3.63, 3.8) is 0 Å². The number of sulfone groups is 1. The topological polar surface area (TPSA) is 85.2 Å². The number of hydrogen-bond donors (Lipinski definition) is 1. The monoisotopic (exact) mass is 476 g/mol. The molecule has 0 atom stereocenters. The number of amides is 1. The second-order valence-corrected chi connectivity index (χ2v) is 10.1. The summed E-state index contributed by atoms with van der Waals surface area (Å²) < 4.78 is 27.4. The Kier molecular flexibility index (Phi) is 6.93. The number of benzene rings is 2. The maximum Gasteiger partial charge on any atom is 0.270 e. The minimum absolute atomic E-state index is 0.0363. The van der Waals surface area contributed by atoms with Crippen molar-refractivity contribution in [1.29, 1.82) is 0 Å². The molecule has 1 aromatic heterocycles. The van der Waals surface area contributed by atoms with E-state index in [1.807, 2.05) is 24.5 Å². The number of nitrogens with one attached hydrogen (secondary N) is 1. The van der Waals surface area contributed by atoms with Crippen LogP contribution < -0.4 is 10.9 Å². The van der Waals surface area contributed by atoms with Crippen LogP contribution in [0.3, 0.4) is 0 Å². The first-order valence-electron chi connectivity index (χ1n) is 9.29. The van der Waals surface area contributed by atoms with Crippen LogP contribution in [-0.2, 0) is 21.2 Å². The van der Waals surface area contributed by atoms with E-state index in [1.54, 1.807) is 37.7 Å². The van der Waals surface area contributed by atoms with Gasteiger partial charge in [0.1, 0.15) is 11.4 Å². The first kappa shape index (κ1) is 23.1. The lowest BCUT2D eigenvalue weighted by atomic mass is 10.2. The van der Waals surface area contributed by atoms with Crippen molar-refractivity contribution in [3.8, 4) is 0 Å². The predicted molar refractivity (Wildman–Crippen MR) is 124 cm³/mol. The van der Waals surface area contributed by atoms with E-state index in [0.29, 0.717) is 22.0 Å². The zero-order valence-corrected chi connectivity index (χ0v) is 19.6. The van der Waals surface area contributed by atoms with Crippen molar-refractivity contribution in [2.75, 3.05) is 11.6 Å². The van der Waals surface area contributed by atoms with Crippen LogP contribution in [0.15, 0.2) is 74.1 Å². The highest BCUT2D eigenvalue weighted by molar-refractivity contribution is 7.98. The highest BCUT2D eigenvalue weighted by Gasteiger charge is 2.26. The number of nitrogens with zero attached hydrogens (tertiary/aromatic N) is 1. The molecule has 6 nitrogen and oxygen atoms in total. The van der Waals surface area contributed by atoms with Gasteiger partial charge in [-0.05, 0) is 74.2 Å². The zero-order chi connectivity index (χ0) is 22.8. The Balaban J connectivity index is 1.98. The molecule has 1 heterocycles. The van der Waals surface area contributed by atoms with Crippen LogP contribution in [0.2, 0.25) is 5.02 Å². The zero-order valence-electron chi connectivity index (χ0n) is 17.2. The van der Waals surface area contributed by atoms with Crippen molar-refractivity contribution in [1.82, 2.24) is 4.57 Å². The Morgan fingerprint density at radius 1 is 1.10 bits per heavy atom. The minimum atomic E-state index is -4.09. The van der Waals surface area contributed by atoms with Gasteiger partial charge in [-0.3, -0.25) is 9.59 Å². The molecule has 0 aliphatic rings. The molecule has 0 aliphatic carbocycles. The second-order valence-electron chi connectivity index (χ2n) is 6.93. The molecule has 0 aliphatic heterocycles. The largest absolute Gasteiger partial charge is 0.324 e. The SMILES string of the molecule is CSc1cccc(NC(=O)Cn2c(C)cc(C)c(S(=O)(=O)c3ccc(Cl)cc3)c2=O)c1. The smallest absolute Gasteiger partial charge is 0.270 e. The van der Waals surface area contributed by atoms with Crippen molar-refractivity contribution in [3.05, 3.63) is 81.2 Å². The van der Waals surface area contributed by atoms with E-state index in [4.69, 9.17) is 11.6 Å². The van der Waals surface area contributed by atoms with Gasteiger partial charge in [0.15, 0.2) is 0 Å². The quantitative estimate of drug-likeness (QED) is 0.536. The van der Waals surface area contributed by atoms with Gasteiger partial charge in [0.25, 0.3) is 5.56 Å². The van der Waals surface area contributed by atoms with Crippen LogP contribution in [0.4, 0.5) is 5.69 Å². The summed E-state index contributed by atoms with van der Waals surface area (Å²) in [6.07, 6.45) is 1.93. The Hall–Kier alpha value is -2.55. The van der Waals surface area contributed by atoms with Crippen molar-refractivity contribution in [2.45, 2.75) is 35.1 Å². The standard InChI is InChI=1S/C22H21ClN2O4S2/c1-14-11-15(2)25(13-20(26)24-17-5-4-6-18(12-17)30-3)22(27)21(14)31(28,29)19-9-7-16(23)8-10-19/h4-12H,13H2,1-3H3,(H,24,26). The number of carbonyl (C=O) groups is 1. The third-order valence-corrected chi connectivity index (χ3v) is 7.60. The summed E-state index contributed by atoms with van der Waals surface area (Å²) in [5.41, 5.74) is 0.677. The molecule has 0 saturated heterocycles. The predicted octanol–water partition coefficient (Wildman–Crippen LogP) is 4.31. The first-order chi connectivity index (χ1) is 14.6. The Bertz CT molecular complexity index is 1300. The molecule has 31 heavy (non-hydrogen) atoms. The molecule has 3 rings (SSSR count). The summed E-state index contributed by atoms with van der Waals surface area (Å²) in [6, 6.07) is 14.5. The molecule has 1 amide bonds. The molecule has 1 N–H and O–H groups in total. The van der Waals surface area contributed by atoms with Gasteiger partial charge < -0.3 is 9.88 Å². The van der Waals surface area contributed by atoms with Crippen LogP contribution in [0, 0.1) is 13.8 Å². The molecular formula is C22H21ClN2O4S2. The summed E-state index contributed by atoms with van der Waals surface area (Å²) in [5.74, 6) is -0.429. The van der Waals surface area contributed by atoms with Crippen molar-refractivity contribution in [2.24, 2.45) is 0 Å². The normalized spacial score (nSPS) is 11.4. The molecule has 0 saturated carbocycles. The molecule has 2 aromatic carbocycles. The van der Waals surface area contributed by atoms with Gasteiger partial charge in [-0.25, -0.2) is 8.42 Å². The van der Waals surface area contributed by atoms with Gasteiger partial charge in [-0.2, -0.15) is 0 Å². The molecule has 162 valence electrons. The molecule has 0 fully saturated rings. The minimum Gasteiger partial charge on any atom is -0.324 e. The fourth-order valence-corrected chi connectivity index (χ4v) is 5.35. The van der Waals surface area contributed by atoms with Gasteiger partial charge in [0, 0.05) is 21.3 Å². The van der Waals surface area contributed by atoms with Crippen LogP contribution in [0.5, 0.6) is 0 Å². The van der Waals surface area contributed by atoms with Crippen LogP contribution in [0.1, 0.15) is 11.3 Å². The van der Waals surface area contributed by atoms with Crippen molar-refractivity contribution >= 4 is 44.8 Å². The highest BCUT2D eigenvalue weighted by Crippen LogP contribution is 2.23. The average molecular weight is 477 g/mol. The van der Waals surface area contributed by atoms with Gasteiger partial charge >= 0.3 is 0 Å². The third kappa shape index (κ3) is 5.03. The van der Waals surface area contributed by atoms with Crippen LogP contribution in [0.25, 0.3) is 0 Å². The number of aryl methyl sites for hydroxylation is 2. The van der Waals surface area contributed by atoms with E-state index in [9.17, 15) is 18.0 Å². The van der Waals surface area contributed by atoms with Gasteiger partial charge in [-0.15, -0.1) is 11.8 Å². The number of rotatable bonds is 6. The van der Waals surface area contributed by atoms with E-state index in [2.05, 4.69) is 5.32 Å². The molecule has 0 radical (unpaired) electrons. The maximum absolute atomic E-state index is 13.2. The van der Waals surface area contributed by atoms with E-state index in [1.165, 1.54) is 28.8 Å². The van der Waals surface area contributed by atoms with Gasteiger partial charge in [0.05, 0.1) is 4.90 Å². The number of halogens is 1. The summed E-state index contributed by atoms with van der Waals surface area (Å²) in [4.78, 5) is 26.4. The highest BCUT2D eigenvalue weighted by atomic mass is 35.5. The lowest BCUT2D eigenvalue weighted by Gasteiger charge is -2.15. The van der Waals surface area contributed by atoms with E-state index in [-0.39, 0.29) is 16.3 Å². The summed E-state index contributed by atoms with van der Waals surface area (Å²) in [6.45, 7) is 2.92. The lowest BCUT2D eigenvalue weighted by Crippen LogP contribution is -2.33. The van der Waals surface area contributed by atoms with Crippen LogP contribution >= 0.6 is 23.4 Å². The number of aromatic nitrogens is 1. The molecule has 3 aromatic rings. The van der Waals surface area contributed by atoms with E-state index >= 15 is 0 Å². The lowest BCUT2D eigenvalue weighted by molar-refractivity contribution is -0.116. The second kappa shape index (κ2) is 9.30. The number of thioether (sulfide) groups is 1. The average Bonchev–Trinajstić information content (AvgIpc) is 2.71. The van der Waals surface area contributed by atoms with Gasteiger partial charge in [-0.1, -0.05) is 17.7 Å². The molecular weight excluding hydrogens is 456 g/mol. The first-order valence-corrected chi connectivity index (χ1v) is 12.4. The molecule has 9 heteroatoms. The van der Waals surface area contributed by atoms with Crippen molar-refractivity contribution < 1.29 is 13.2 Å². The Labute approximate surface area is 190 Å². The fourth-order valence-electron chi connectivity index (χ4n) is 3.21. The summed E-state index contributed by atoms with van der Waals surface area (Å²) >= 11 is 7.40. The van der Waals surface area contributed by atoms with E-state index < -0.39 is 21.3 Å². The number of hydrogen-bond acceptors (Lipinski definition) is 5. The number of carbonyl (C=O) groups excluding carboxylic acids is 1.